The van der Waals surface area contributed by atoms with Crippen molar-refractivity contribution >= 4 is 17.5 Å². The van der Waals surface area contributed by atoms with Crippen LogP contribution in [0.5, 0.6) is 0 Å². The second-order valence-electron chi connectivity index (χ2n) is 8.07. The van der Waals surface area contributed by atoms with Gasteiger partial charge in [0.2, 0.25) is 5.91 Å². The van der Waals surface area contributed by atoms with Gasteiger partial charge >= 0.3 is 0 Å². The zero-order valence-corrected chi connectivity index (χ0v) is 14.6. The molecule has 3 aliphatic rings. The van der Waals surface area contributed by atoms with Crippen LogP contribution in [0.1, 0.15) is 43.0 Å². The fourth-order valence-corrected chi connectivity index (χ4v) is 4.79. The lowest BCUT2D eigenvalue weighted by atomic mass is 9.85. The van der Waals surface area contributed by atoms with Crippen LogP contribution in [0.2, 0.25) is 0 Å². The van der Waals surface area contributed by atoms with Crippen LogP contribution in [0.3, 0.4) is 0 Å². The van der Waals surface area contributed by atoms with Crippen LogP contribution in [0.15, 0.2) is 24.3 Å². The van der Waals surface area contributed by atoms with E-state index in [2.05, 4.69) is 17.6 Å². The summed E-state index contributed by atoms with van der Waals surface area (Å²) >= 11 is 0. The molecule has 4 rings (SSSR count). The van der Waals surface area contributed by atoms with Gasteiger partial charge in [-0.1, -0.05) is 13.0 Å². The molecule has 3 aliphatic carbocycles. The van der Waals surface area contributed by atoms with E-state index in [0.717, 1.165) is 19.3 Å². The number of rotatable bonds is 5. The first-order valence-electron chi connectivity index (χ1n) is 9.39. The number of hydrogen-bond acceptors (Lipinski definition) is 3. The maximum Gasteiger partial charge on any atom is 0.251 e. The van der Waals surface area contributed by atoms with E-state index in [1.54, 1.807) is 18.2 Å². The molecule has 2 bridgehead atoms. The Morgan fingerprint density at radius 1 is 1.20 bits per heavy atom. The molecule has 0 aromatic heterocycles. The molecule has 134 valence electrons. The molecule has 3 saturated carbocycles. The summed E-state index contributed by atoms with van der Waals surface area (Å²) in [6, 6.07) is 7.19. The molecule has 3 N–H and O–H groups in total. The number of amides is 2. The van der Waals surface area contributed by atoms with E-state index >= 15 is 0 Å². The zero-order chi connectivity index (χ0) is 17.6. The number of hydrogen-bond donors (Lipinski definition) is 3. The van der Waals surface area contributed by atoms with Crippen molar-refractivity contribution in [2.45, 2.75) is 38.6 Å². The number of fused-ring (bicyclic) bond motifs is 2. The summed E-state index contributed by atoms with van der Waals surface area (Å²) in [5.74, 6) is 1.71. The Morgan fingerprint density at radius 2 is 1.96 bits per heavy atom. The van der Waals surface area contributed by atoms with E-state index in [1.807, 2.05) is 6.07 Å². The Morgan fingerprint density at radius 3 is 2.68 bits per heavy atom. The minimum Gasteiger partial charge on any atom is -0.396 e. The topological polar surface area (TPSA) is 78.4 Å². The normalized spacial score (nSPS) is 35.4. The van der Waals surface area contributed by atoms with Crippen molar-refractivity contribution in [2.24, 2.45) is 29.6 Å². The third-order valence-electron chi connectivity index (χ3n) is 6.44. The van der Waals surface area contributed by atoms with Gasteiger partial charge in [-0.05, 0) is 61.6 Å². The van der Waals surface area contributed by atoms with Crippen LogP contribution in [-0.2, 0) is 4.79 Å². The number of anilines is 1. The smallest absolute Gasteiger partial charge is 0.251 e. The molecule has 25 heavy (non-hydrogen) atoms. The number of benzene rings is 1. The van der Waals surface area contributed by atoms with Gasteiger partial charge in [-0.15, -0.1) is 0 Å². The van der Waals surface area contributed by atoms with Crippen LogP contribution in [0, 0.1) is 29.6 Å². The molecule has 3 fully saturated rings. The molecule has 0 aliphatic heterocycles. The molecule has 0 spiro atoms. The molecule has 5 nitrogen and oxygen atoms in total. The number of carbonyl (C=O) groups is 2. The molecule has 1 aromatic carbocycles. The van der Waals surface area contributed by atoms with Crippen LogP contribution >= 0.6 is 0 Å². The van der Waals surface area contributed by atoms with Crippen molar-refractivity contribution in [1.82, 2.24) is 5.32 Å². The highest BCUT2D eigenvalue weighted by Crippen LogP contribution is 2.48. The van der Waals surface area contributed by atoms with Crippen LogP contribution in [-0.4, -0.2) is 29.6 Å². The van der Waals surface area contributed by atoms with Gasteiger partial charge in [0.15, 0.2) is 0 Å². The highest BCUT2D eigenvalue weighted by Gasteiger charge is 2.47. The van der Waals surface area contributed by atoms with E-state index in [-0.39, 0.29) is 36.3 Å². The van der Waals surface area contributed by atoms with Crippen molar-refractivity contribution in [1.29, 1.82) is 0 Å². The summed E-state index contributed by atoms with van der Waals surface area (Å²) in [5, 5.41) is 15.7. The summed E-state index contributed by atoms with van der Waals surface area (Å²) in [6.07, 6.45) is 4.37. The fraction of sp³-hybridized carbons (Fsp3) is 0.600. The Hall–Kier alpha value is -1.88. The van der Waals surface area contributed by atoms with Gasteiger partial charge in [0, 0.05) is 35.7 Å². The first-order valence-corrected chi connectivity index (χ1v) is 9.39. The summed E-state index contributed by atoms with van der Waals surface area (Å²) in [4.78, 5) is 24.7. The average molecular weight is 342 g/mol. The summed E-state index contributed by atoms with van der Waals surface area (Å²) in [6.45, 7) is 2.21. The SMILES string of the molecule is CC1CC1C(=O)Nc1cccc(C(=O)NC2C3CCC(C3)C2CO)c1. The second-order valence-corrected chi connectivity index (χ2v) is 8.07. The predicted molar refractivity (Wildman–Crippen MR) is 95.0 cm³/mol. The number of aliphatic hydroxyl groups excluding tert-OH is 1. The molecule has 0 radical (unpaired) electrons. The highest BCUT2D eigenvalue weighted by atomic mass is 16.3. The molecule has 6 unspecified atom stereocenters. The highest BCUT2D eigenvalue weighted by molar-refractivity contribution is 5.98. The zero-order valence-electron chi connectivity index (χ0n) is 14.6. The van der Waals surface area contributed by atoms with Crippen LogP contribution < -0.4 is 10.6 Å². The van der Waals surface area contributed by atoms with Crippen molar-refractivity contribution in [3.8, 4) is 0 Å². The number of aliphatic hydroxyl groups is 1. The van der Waals surface area contributed by atoms with Crippen molar-refractivity contribution in [3.05, 3.63) is 29.8 Å². The van der Waals surface area contributed by atoms with Gasteiger partial charge in [0.05, 0.1) is 0 Å². The first-order chi connectivity index (χ1) is 12.1. The van der Waals surface area contributed by atoms with Gasteiger partial charge in [-0.25, -0.2) is 0 Å². The third kappa shape index (κ3) is 3.17. The number of carbonyl (C=O) groups excluding carboxylic acids is 2. The Balaban J connectivity index is 1.42. The third-order valence-corrected chi connectivity index (χ3v) is 6.44. The fourth-order valence-electron chi connectivity index (χ4n) is 4.79. The quantitative estimate of drug-likeness (QED) is 0.769. The largest absolute Gasteiger partial charge is 0.396 e. The van der Waals surface area contributed by atoms with Gasteiger partial charge in [-0.3, -0.25) is 9.59 Å². The average Bonchev–Trinajstić information content (AvgIpc) is 3.03. The minimum atomic E-state index is -0.119. The molecular formula is C20H26N2O3. The molecular weight excluding hydrogens is 316 g/mol. The molecule has 2 amide bonds. The van der Waals surface area contributed by atoms with E-state index in [9.17, 15) is 14.7 Å². The summed E-state index contributed by atoms with van der Waals surface area (Å²) < 4.78 is 0. The standard InChI is InChI=1S/C20H26N2O3/c1-11-7-16(11)20(25)21-15-4-2-3-14(9-15)19(24)22-18-13-6-5-12(8-13)17(18)10-23/h2-4,9,11-13,16-18,23H,5-8,10H2,1H3,(H,21,25)(H,22,24). The number of nitrogens with one attached hydrogen (secondary N) is 2. The predicted octanol–water partition coefficient (Wildman–Crippen LogP) is 2.42. The maximum atomic E-state index is 12.7. The molecule has 6 atom stereocenters. The van der Waals surface area contributed by atoms with Crippen molar-refractivity contribution in [2.75, 3.05) is 11.9 Å². The minimum absolute atomic E-state index is 0.0403. The first kappa shape index (κ1) is 16.6. The van der Waals surface area contributed by atoms with E-state index in [4.69, 9.17) is 0 Å². The Labute approximate surface area is 148 Å². The van der Waals surface area contributed by atoms with Gasteiger partial charge in [0.25, 0.3) is 5.91 Å². The van der Waals surface area contributed by atoms with E-state index < -0.39 is 0 Å². The van der Waals surface area contributed by atoms with E-state index in [1.165, 1.54) is 6.42 Å². The van der Waals surface area contributed by atoms with E-state index in [0.29, 0.717) is 29.0 Å². The lowest BCUT2D eigenvalue weighted by molar-refractivity contribution is -0.117. The molecule has 1 aromatic rings. The summed E-state index contributed by atoms with van der Waals surface area (Å²) in [7, 11) is 0. The van der Waals surface area contributed by atoms with Gasteiger partial charge < -0.3 is 15.7 Å². The lowest BCUT2D eigenvalue weighted by Crippen LogP contribution is -2.45. The van der Waals surface area contributed by atoms with Crippen LogP contribution in [0.25, 0.3) is 0 Å². The molecule has 5 heteroatoms. The Bertz CT molecular complexity index is 689. The van der Waals surface area contributed by atoms with Crippen LogP contribution in [0.4, 0.5) is 5.69 Å². The van der Waals surface area contributed by atoms with Crippen molar-refractivity contribution in [3.63, 3.8) is 0 Å². The lowest BCUT2D eigenvalue weighted by Gasteiger charge is -2.30. The van der Waals surface area contributed by atoms with Gasteiger partial charge in [-0.2, -0.15) is 0 Å². The molecule has 0 saturated heterocycles. The van der Waals surface area contributed by atoms with Gasteiger partial charge in [0.1, 0.15) is 0 Å². The second kappa shape index (κ2) is 6.45. The monoisotopic (exact) mass is 342 g/mol. The Kier molecular flexibility index (Phi) is 4.28. The van der Waals surface area contributed by atoms with Crippen molar-refractivity contribution < 1.29 is 14.7 Å². The summed E-state index contributed by atoms with van der Waals surface area (Å²) in [5.41, 5.74) is 1.23. The maximum absolute atomic E-state index is 12.7. The molecule has 0 heterocycles.